The van der Waals surface area contributed by atoms with Gasteiger partial charge in [-0.3, -0.25) is 14.5 Å². The van der Waals surface area contributed by atoms with E-state index in [1.165, 1.54) is 23.8 Å². The predicted octanol–water partition coefficient (Wildman–Crippen LogP) is -2.22. The van der Waals surface area contributed by atoms with E-state index < -0.39 is 41.4 Å². The second-order valence-electron chi connectivity index (χ2n) is 8.80. The molecule has 0 aliphatic carbocycles. The molecule has 2 amide bonds. The van der Waals surface area contributed by atoms with Crippen molar-refractivity contribution in [2.75, 3.05) is 45.3 Å². The maximum Gasteiger partial charge on any atom is 0.352 e. The number of carbonyl (C=O) groups excluding carboxylic acids is 2. The number of hydrogen-bond acceptors (Lipinski definition) is 12. The van der Waals surface area contributed by atoms with Crippen molar-refractivity contribution in [3.63, 3.8) is 0 Å². The van der Waals surface area contributed by atoms with Crippen LogP contribution in [0.2, 0.25) is 0 Å². The lowest BCUT2D eigenvalue weighted by atomic mass is 9.99. The van der Waals surface area contributed by atoms with Crippen molar-refractivity contribution in [2.45, 2.75) is 30.0 Å². The van der Waals surface area contributed by atoms with Gasteiger partial charge in [0, 0.05) is 29.3 Å². The van der Waals surface area contributed by atoms with Crippen LogP contribution in [-0.2, 0) is 19.2 Å². The number of thioether (sulfide) groups is 1. The molecule has 190 valence electrons. The fourth-order valence-corrected chi connectivity index (χ4v) is 6.30. The molecule has 2 unspecified atom stereocenters. The minimum absolute atomic E-state index is 0.0500. The SMILES string of the molecule is CO/N=C(\C(=O)NC1C(=O)N2C(C(=O)O)=C(C[N+]3(C)CC[C@H](O)[C@H](O)C3)CS[C@H]12)c1nsc(N)n1. The van der Waals surface area contributed by atoms with E-state index in [2.05, 4.69) is 19.8 Å². The smallest absolute Gasteiger partial charge is 0.352 e. The normalized spacial score (nSPS) is 31.0. The molecule has 0 spiro atoms. The molecule has 3 aliphatic heterocycles. The molecule has 16 heteroatoms. The summed E-state index contributed by atoms with van der Waals surface area (Å²) in [5.41, 5.74) is 5.77. The number of likely N-dealkylation sites (N-methyl/N-ethyl adjacent to an activating group) is 1. The van der Waals surface area contributed by atoms with Crippen molar-refractivity contribution in [3.8, 4) is 0 Å². The zero-order valence-corrected chi connectivity index (χ0v) is 20.6. The van der Waals surface area contributed by atoms with Crippen LogP contribution in [0.3, 0.4) is 0 Å². The average Bonchev–Trinajstić information content (AvgIpc) is 3.23. The number of aliphatic hydroxyl groups excluding tert-OH is 2. The molecule has 6 N–H and O–H groups in total. The third kappa shape index (κ3) is 4.84. The lowest BCUT2D eigenvalue weighted by molar-refractivity contribution is -0.914. The molecule has 0 aromatic carbocycles. The number of aliphatic hydroxyl groups is 2. The number of carbonyl (C=O) groups is 3. The number of aromatic nitrogens is 2. The molecular weight excluding hydrogens is 502 g/mol. The number of quaternary nitrogens is 1. The number of carboxylic acid groups (broad SMARTS) is 1. The molecule has 4 rings (SSSR count). The van der Waals surface area contributed by atoms with E-state index in [4.69, 9.17) is 10.6 Å². The number of nitrogens with zero attached hydrogens (tertiary/aromatic N) is 5. The highest BCUT2D eigenvalue weighted by Gasteiger charge is 2.55. The lowest BCUT2D eigenvalue weighted by Crippen LogP contribution is -2.71. The van der Waals surface area contributed by atoms with Crippen LogP contribution in [0.15, 0.2) is 16.4 Å². The number of nitrogen functional groups attached to an aromatic ring is 1. The highest BCUT2D eigenvalue weighted by Crippen LogP contribution is 2.41. The van der Waals surface area contributed by atoms with Gasteiger partial charge in [0.25, 0.3) is 11.8 Å². The van der Waals surface area contributed by atoms with Gasteiger partial charge in [0.1, 0.15) is 43.4 Å². The highest BCUT2D eigenvalue weighted by atomic mass is 32.2. The molecule has 4 heterocycles. The van der Waals surface area contributed by atoms with E-state index in [1.807, 2.05) is 7.05 Å². The molecule has 5 atom stereocenters. The van der Waals surface area contributed by atoms with Gasteiger partial charge in [-0.25, -0.2) is 4.79 Å². The summed E-state index contributed by atoms with van der Waals surface area (Å²) in [7, 11) is 3.13. The molecule has 0 saturated carbocycles. The number of hydrogen-bond donors (Lipinski definition) is 5. The van der Waals surface area contributed by atoms with Gasteiger partial charge in [0.05, 0.1) is 19.7 Å². The molecule has 3 aliphatic rings. The van der Waals surface area contributed by atoms with Gasteiger partial charge in [0.2, 0.25) is 11.5 Å². The van der Waals surface area contributed by atoms with E-state index in [0.717, 1.165) is 11.5 Å². The number of oxime groups is 1. The summed E-state index contributed by atoms with van der Waals surface area (Å²) >= 11 is 2.21. The summed E-state index contributed by atoms with van der Waals surface area (Å²) in [5, 5.41) is 35.6. The minimum atomic E-state index is -1.24. The second kappa shape index (κ2) is 9.69. The monoisotopic (exact) mass is 528 g/mol. The number of rotatable bonds is 7. The van der Waals surface area contributed by atoms with Crippen molar-refractivity contribution in [2.24, 2.45) is 5.16 Å². The Morgan fingerprint density at radius 1 is 1.37 bits per heavy atom. The fourth-order valence-electron chi connectivity index (χ4n) is 4.53. The number of nitrogens with two attached hydrogens (primary N) is 1. The minimum Gasteiger partial charge on any atom is -0.477 e. The van der Waals surface area contributed by atoms with Gasteiger partial charge < -0.3 is 35.7 Å². The number of likely N-dealkylation sites (tertiary alicyclic amines) is 1. The lowest BCUT2D eigenvalue weighted by Gasteiger charge is -2.50. The van der Waals surface area contributed by atoms with Gasteiger partial charge in [-0.1, -0.05) is 5.16 Å². The van der Waals surface area contributed by atoms with Crippen LogP contribution in [0.25, 0.3) is 0 Å². The Morgan fingerprint density at radius 3 is 2.71 bits per heavy atom. The van der Waals surface area contributed by atoms with E-state index in [9.17, 15) is 29.7 Å². The molecular formula is C19H26N7O7S2+. The zero-order chi connectivity index (χ0) is 25.5. The van der Waals surface area contributed by atoms with Crippen LogP contribution in [-0.4, -0.2) is 121 Å². The van der Waals surface area contributed by atoms with Gasteiger partial charge in [-0.2, -0.15) is 9.36 Å². The van der Waals surface area contributed by atoms with E-state index >= 15 is 0 Å². The summed E-state index contributed by atoms with van der Waals surface area (Å²) in [4.78, 5) is 47.8. The molecule has 14 nitrogen and oxygen atoms in total. The fraction of sp³-hybridized carbons (Fsp3) is 0.579. The molecule has 2 saturated heterocycles. The summed E-state index contributed by atoms with van der Waals surface area (Å²) < 4.78 is 4.28. The van der Waals surface area contributed by atoms with Crippen LogP contribution in [0.5, 0.6) is 0 Å². The Balaban J connectivity index is 1.51. The quantitative estimate of drug-likeness (QED) is 0.111. The van der Waals surface area contributed by atoms with Crippen molar-refractivity contribution in [1.82, 2.24) is 19.6 Å². The Labute approximate surface area is 208 Å². The van der Waals surface area contributed by atoms with Crippen LogP contribution < -0.4 is 11.1 Å². The zero-order valence-electron chi connectivity index (χ0n) is 18.9. The van der Waals surface area contributed by atoms with Crippen molar-refractivity contribution in [1.29, 1.82) is 0 Å². The van der Waals surface area contributed by atoms with Gasteiger partial charge in [0.15, 0.2) is 5.13 Å². The van der Waals surface area contributed by atoms with Gasteiger partial charge >= 0.3 is 5.97 Å². The number of piperidine rings is 1. The first-order valence-corrected chi connectivity index (χ1v) is 12.5. The maximum absolute atomic E-state index is 13.0. The molecule has 2 fully saturated rings. The molecule has 1 aromatic heterocycles. The Kier molecular flexibility index (Phi) is 7.01. The van der Waals surface area contributed by atoms with Crippen molar-refractivity contribution >= 4 is 51.9 Å². The predicted molar refractivity (Wildman–Crippen MR) is 125 cm³/mol. The maximum atomic E-state index is 13.0. The summed E-state index contributed by atoms with van der Waals surface area (Å²) in [6.07, 6.45) is -1.31. The Morgan fingerprint density at radius 2 is 2.11 bits per heavy atom. The van der Waals surface area contributed by atoms with Crippen LogP contribution in [0.4, 0.5) is 5.13 Å². The molecule has 1 aromatic rings. The first kappa shape index (κ1) is 25.3. The summed E-state index contributed by atoms with van der Waals surface area (Å²) in [5.74, 6) is -2.28. The van der Waals surface area contributed by atoms with E-state index in [1.54, 1.807) is 0 Å². The summed E-state index contributed by atoms with van der Waals surface area (Å²) in [6.45, 7) is 1.15. The molecule has 35 heavy (non-hydrogen) atoms. The standard InChI is InChI=1S/C19H25N7O7S2/c1-26(4-3-9(27)10(28)6-26)5-8-7-34-17-12(16(30)25(17)13(8)18(31)32)21-15(29)11(23-33-2)14-22-19(20)35-24-14/h9-10,12,17,27-28H,3-7H2,1-2H3,(H3-,20,21,22,24,29,31,32)/p+1/b23-11-/t9-,10+,12?,17+,26?/m0/s1. The number of β-lactam (4-membered cyclic amide) rings is 1. The van der Waals surface area contributed by atoms with Gasteiger partial charge in [-0.05, 0) is 0 Å². The Bertz CT molecular complexity index is 1110. The third-order valence-electron chi connectivity index (χ3n) is 6.20. The number of carboxylic acids is 1. The number of fused-ring (bicyclic) bond motifs is 1. The first-order valence-electron chi connectivity index (χ1n) is 10.7. The molecule has 0 bridgehead atoms. The number of anilines is 1. The van der Waals surface area contributed by atoms with E-state index in [-0.39, 0.29) is 28.9 Å². The summed E-state index contributed by atoms with van der Waals surface area (Å²) in [6, 6.07) is -0.974. The second-order valence-corrected chi connectivity index (χ2v) is 10.7. The number of amides is 2. The average molecular weight is 529 g/mol. The van der Waals surface area contributed by atoms with Crippen molar-refractivity contribution < 1.29 is 39.0 Å². The van der Waals surface area contributed by atoms with Crippen LogP contribution in [0.1, 0.15) is 12.2 Å². The topological polar surface area (TPSA) is 201 Å². The van der Waals surface area contributed by atoms with Crippen LogP contribution >= 0.6 is 23.3 Å². The third-order valence-corrected chi connectivity index (χ3v) is 8.08. The number of nitrogens with one attached hydrogen (secondary N) is 1. The van der Waals surface area contributed by atoms with E-state index in [0.29, 0.717) is 35.3 Å². The first-order chi connectivity index (χ1) is 16.5. The number of aliphatic carboxylic acids is 1. The van der Waals surface area contributed by atoms with Gasteiger partial charge in [-0.15, -0.1) is 11.8 Å². The Hall–Kier alpha value is -2.79. The largest absolute Gasteiger partial charge is 0.477 e. The van der Waals surface area contributed by atoms with Crippen LogP contribution in [0, 0.1) is 0 Å². The molecule has 0 radical (unpaired) electrons. The highest BCUT2D eigenvalue weighted by molar-refractivity contribution is 8.00. The van der Waals surface area contributed by atoms with Crippen molar-refractivity contribution in [3.05, 3.63) is 17.1 Å².